The molecule has 0 atom stereocenters. The SMILES string of the molecule is N#CC1(C(=O)Nc2c([N+](=O)[O-])ccc(F)c2F)CC1. The number of nitrogens with zero attached hydrogens (tertiary/aromatic N) is 2. The van der Waals surface area contributed by atoms with E-state index in [1.807, 2.05) is 5.32 Å². The number of rotatable bonds is 3. The Hall–Kier alpha value is -2.56. The first-order chi connectivity index (χ1) is 8.91. The van der Waals surface area contributed by atoms with Gasteiger partial charge < -0.3 is 5.32 Å². The molecule has 0 unspecified atom stereocenters. The number of carbonyl (C=O) groups is 1. The molecule has 0 bridgehead atoms. The van der Waals surface area contributed by atoms with E-state index < -0.39 is 39.3 Å². The molecule has 6 nitrogen and oxygen atoms in total. The van der Waals surface area contributed by atoms with Crippen LogP contribution in [-0.2, 0) is 4.79 Å². The predicted octanol–water partition coefficient (Wildman–Crippen LogP) is 2.12. The Balaban J connectivity index is 2.39. The van der Waals surface area contributed by atoms with Crippen LogP contribution in [0.3, 0.4) is 0 Å². The molecule has 1 aromatic carbocycles. The summed E-state index contributed by atoms with van der Waals surface area (Å²) in [7, 11) is 0. The van der Waals surface area contributed by atoms with Gasteiger partial charge >= 0.3 is 0 Å². The molecule has 1 aromatic rings. The number of nitriles is 1. The number of nitrogens with one attached hydrogen (secondary N) is 1. The molecule has 2 rings (SSSR count). The van der Waals surface area contributed by atoms with Crippen molar-refractivity contribution in [2.75, 3.05) is 5.32 Å². The summed E-state index contributed by atoms with van der Waals surface area (Å²) in [6, 6.07) is 3.10. The Morgan fingerprint density at radius 1 is 1.47 bits per heavy atom. The number of hydrogen-bond acceptors (Lipinski definition) is 4. The van der Waals surface area contributed by atoms with Crippen LogP contribution >= 0.6 is 0 Å². The minimum atomic E-state index is -1.52. The van der Waals surface area contributed by atoms with Gasteiger partial charge in [-0.3, -0.25) is 14.9 Å². The third kappa shape index (κ3) is 2.10. The molecule has 0 aliphatic heterocycles. The van der Waals surface area contributed by atoms with Crippen molar-refractivity contribution < 1.29 is 18.5 Å². The van der Waals surface area contributed by atoms with E-state index >= 15 is 0 Å². The van der Waals surface area contributed by atoms with Gasteiger partial charge in [0.25, 0.3) is 5.69 Å². The number of benzene rings is 1. The van der Waals surface area contributed by atoms with Gasteiger partial charge in [-0.1, -0.05) is 0 Å². The van der Waals surface area contributed by atoms with E-state index in [2.05, 4.69) is 0 Å². The lowest BCUT2D eigenvalue weighted by Crippen LogP contribution is -2.24. The monoisotopic (exact) mass is 267 g/mol. The smallest absolute Gasteiger partial charge is 0.296 e. The van der Waals surface area contributed by atoms with Crippen molar-refractivity contribution in [2.24, 2.45) is 5.41 Å². The van der Waals surface area contributed by atoms with Crippen molar-refractivity contribution in [3.05, 3.63) is 33.9 Å². The van der Waals surface area contributed by atoms with Crippen molar-refractivity contribution in [1.82, 2.24) is 0 Å². The maximum Gasteiger partial charge on any atom is 0.296 e. The summed E-state index contributed by atoms with van der Waals surface area (Å²) >= 11 is 0. The fourth-order valence-corrected chi connectivity index (χ4v) is 1.56. The molecule has 1 amide bonds. The number of anilines is 1. The third-order valence-corrected chi connectivity index (χ3v) is 2.91. The lowest BCUT2D eigenvalue weighted by molar-refractivity contribution is -0.384. The molecule has 0 aromatic heterocycles. The van der Waals surface area contributed by atoms with Gasteiger partial charge in [-0.25, -0.2) is 8.78 Å². The van der Waals surface area contributed by atoms with Gasteiger partial charge in [0.2, 0.25) is 5.91 Å². The van der Waals surface area contributed by atoms with Crippen LogP contribution in [0.4, 0.5) is 20.2 Å². The van der Waals surface area contributed by atoms with Crippen LogP contribution in [-0.4, -0.2) is 10.8 Å². The number of nitro groups is 1. The van der Waals surface area contributed by atoms with Crippen molar-refractivity contribution in [3.63, 3.8) is 0 Å². The second-order valence-electron chi connectivity index (χ2n) is 4.16. The first kappa shape index (κ1) is 12.9. The Kier molecular flexibility index (Phi) is 2.90. The molecule has 0 saturated heterocycles. The van der Waals surface area contributed by atoms with Gasteiger partial charge in [0.1, 0.15) is 5.41 Å². The van der Waals surface area contributed by atoms with Crippen LogP contribution in [0.25, 0.3) is 0 Å². The lowest BCUT2D eigenvalue weighted by Gasteiger charge is -2.09. The Bertz CT molecular complexity index is 620. The summed E-state index contributed by atoms with van der Waals surface area (Å²) in [5, 5.41) is 21.4. The Labute approximate surface area is 105 Å². The average Bonchev–Trinajstić information content (AvgIpc) is 3.15. The molecule has 1 aliphatic carbocycles. The van der Waals surface area contributed by atoms with Crippen molar-refractivity contribution >= 4 is 17.3 Å². The molecule has 98 valence electrons. The normalized spacial score (nSPS) is 15.4. The molecule has 0 spiro atoms. The largest absolute Gasteiger partial charge is 0.316 e. The molecule has 1 aliphatic rings. The van der Waals surface area contributed by atoms with Crippen LogP contribution in [0.1, 0.15) is 12.8 Å². The van der Waals surface area contributed by atoms with E-state index in [4.69, 9.17) is 5.26 Å². The second-order valence-corrected chi connectivity index (χ2v) is 4.16. The van der Waals surface area contributed by atoms with Crippen LogP contribution in [0.15, 0.2) is 12.1 Å². The Morgan fingerprint density at radius 2 is 2.11 bits per heavy atom. The topological polar surface area (TPSA) is 96.0 Å². The number of nitro benzene ring substituents is 1. The minimum absolute atomic E-state index is 0.292. The van der Waals surface area contributed by atoms with Crippen molar-refractivity contribution in [3.8, 4) is 6.07 Å². The quantitative estimate of drug-likeness (QED) is 0.670. The van der Waals surface area contributed by atoms with Gasteiger partial charge in [0, 0.05) is 6.07 Å². The summed E-state index contributed by atoms with van der Waals surface area (Å²) in [4.78, 5) is 21.5. The van der Waals surface area contributed by atoms with Crippen LogP contribution in [0.2, 0.25) is 0 Å². The highest BCUT2D eigenvalue weighted by Gasteiger charge is 2.51. The zero-order chi connectivity index (χ0) is 14.2. The van der Waals surface area contributed by atoms with Gasteiger partial charge in [0.05, 0.1) is 11.0 Å². The number of amides is 1. The number of carbonyl (C=O) groups excluding carboxylic acids is 1. The van der Waals surface area contributed by atoms with Crippen molar-refractivity contribution in [1.29, 1.82) is 5.26 Å². The molecule has 1 N–H and O–H groups in total. The zero-order valence-electron chi connectivity index (χ0n) is 9.44. The molecule has 0 heterocycles. The van der Waals surface area contributed by atoms with E-state index in [1.165, 1.54) is 0 Å². The highest BCUT2D eigenvalue weighted by Crippen LogP contribution is 2.46. The molecule has 1 saturated carbocycles. The van der Waals surface area contributed by atoms with E-state index in [0.717, 1.165) is 6.07 Å². The van der Waals surface area contributed by atoms with Crippen LogP contribution in [0, 0.1) is 38.5 Å². The maximum absolute atomic E-state index is 13.5. The summed E-state index contributed by atoms with van der Waals surface area (Å²) in [6.07, 6.45) is 0.583. The average molecular weight is 267 g/mol. The fraction of sp³-hybridized carbons (Fsp3) is 0.273. The first-order valence-electron chi connectivity index (χ1n) is 5.26. The van der Waals surface area contributed by atoms with Crippen LogP contribution < -0.4 is 5.32 Å². The maximum atomic E-state index is 13.5. The lowest BCUT2D eigenvalue weighted by atomic mass is 10.1. The summed E-state index contributed by atoms with van der Waals surface area (Å²) < 4.78 is 26.6. The molecular weight excluding hydrogens is 260 g/mol. The summed E-state index contributed by atoms with van der Waals surface area (Å²) in [6.45, 7) is 0. The number of halogens is 2. The molecule has 1 fully saturated rings. The summed E-state index contributed by atoms with van der Waals surface area (Å²) in [5.41, 5.74) is -2.90. The number of hydrogen-bond donors (Lipinski definition) is 1. The van der Waals surface area contributed by atoms with Gasteiger partial charge in [-0.2, -0.15) is 5.26 Å². The van der Waals surface area contributed by atoms with E-state index in [9.17, 15) is 23.7 Å². The van der Waals surface area contributed by atoms with Crippen molar-refractivity contribution in [2.45, 2.75) is 12.8 Å². The molecular formula is C11H7F2N3O3. The Morgan fingerprint density at radius 3 is 2.58 bits per heavy atom. The zero-order valence-corrected chi connectivity index (χ0v) is 9.44. The standard InChI is InChI=1S/C11H7F2N3O3/c12-6-1-2-7(16(18)19)9(8(6)13)15-10(17)11(5-14)3-4-11/h1-2H,3-4H2,(H,15,17). The highest BCUT2D eigenvalue weighted by molar-refractivity contribution is 6.00. The first-order valence-corrected chi connectivity index (χ1v) is 5.26. The second kappa shape index (κ2) is 4.28. The van der Waals surface area contributed by atoms with E-state index in [0.29, 0.717) is 18.9 Å². The fourth-order valence-electron chi connectivity index (χ4n) is 1.56. The highest BCUT2D eigenvalue weighted by atomic mass is 19.2. The predicted molar refractivity (Wildman–Crippen MR) is 58.9 cm³/mol. The van der Waals surface area contributed by atoms with Crippen LogP contribution in [0.5, 0.6) is 0 Å². The third-order valence-electron chi connectivity index (χ3n) is 2.91. The van der Waals surface area contributed by atoms with Gasteiger partial charge in [-0.15, -0.1) is 0 Å². The summed E-state index contributed by atoms with van der Waals surface area (Å²) in [5.74, 6) is -3.69. The minimum Gasteiger partial charge on any atom is -0.316 e. The molecule has 19 heavy (non-hydrogen) atoms. The van der Waals surface area contributed by atoms with E-state index in [-0.39, 0.29) is 0 Å². The molecule has 8 heteroatoms. The van der Waals surface area contributed by atoms with E-state index in [1.54, 1.807) is 6.07 Å². The van der Waals surface area contributed by atoms with Gasteiger partial charge in [0.15, 0.2) is 17.3 Å². The van der Waals surface area contributed by atoms with Gasteiger partial charge in [-0.05, 0) is 18.9 Å². The molecule has 0 radical (unpaired) electrons.